The maximum atomic E-state index is 14.4. The van der Waals surface area contributed by atoms with Crippen LogP contribution in [0, 0.1) is 30.6 Å². The average Bonchev–Trinajstić information content (AvgIpc) is 3.97. The smallest absolute Gasteiger partial charge is 0.303 e. The van der Waals surface area contributed by atoms with Gasteiger partial charge in [0.1, 0.15) is 16.5 Å². The van der Waals surface area contributed by atoms with Gasteiger partial charge in [-0.15, -0.1) is 11.3 Å². The number of hydrogen-bond donors (Lipinski definition) is 5. The van der Waals surface area contributed by atoms with Gasteiger partial charge in [0.15, 0.2) is 11.9 Å². The predicted octanol–water partition coefficient (Wildman–Crippen LogP) is 5.05. The van der Waals surface area contributed by atoms with Gasteiger partial charge in [-0.3, -0.25) is 57.7 Å². The highest BCUT2D eigenvalue weighted by molar-refractivity contribution is 8.00. The lowest BCUT2D eigenvalue weighted by Gasteiger charge is -2.37. The Kier molecular flexibility index (Phi) is 30.1. The number of aromatic nitrogens is 1. The van der Waals surface area contributed by atoms with Gasteiger partial charge in [-0.25, -0.2) is 4.98 Å². The number of carbonyl (C=O) groups excluding carboxylic acids is 10. The van der Waals surface area contributed by atoms with E-state index in [0.29, 0.717) is 36.8 Å². The quantitative estimate of drug-likeness (QED) is 0.0336. The normalized spacial score (nSPS) is 17.7. The molecule has 22 nitrogen and oxygen atoms in total. The Morgan fingerprint density at radius 2 is 1.65 bits per heavy atom. The Morgan fingerprint density at radius 3 is 2.30 bits per heavy atom. The van der Waals surface area contributed by atoms with Gasteiger partial charge in [-0.2, -0.15) is 11.8 Å². The molecule has 2 aromatic rings. The molecule has 1 aromatic carbocycles. The number of ketones is 2. The molecule has 1 aromatic heterocycles. The third-order valence-electron chi connectivity index (χ3n) is 15.5. The van der Waals surface area contributed by atoms with Crippen molar-refractivity contribution < 1.29 is 62.2 Å². The van der Waals surface area contributed by atoms with E-state index in [1.807, 2.05) is 66.8 Å². The lowest BCUT2D eigenvalue weighted by Crippen LogP contribution is -2.50. The number of thioether (sulfide) groups is 1. The highest BCUT2D eigenvalue weighted by Crippen LogP contribution is 2.32. The second-order valence-corrected chi connectivity index (χ2v) is 24.8. The SMILES string of the molecule is CNC(C)[C@H](CC(=O)C1CCCCN1C)C(=O)N(C)[C@H](C[C@@H](OC(C)=O)c1nc(C(=O)N[C@@H](Cc2ccc(C)c(NC(=O)CCNC(=O)C(CC(=O)CCN3C(=O)CC(SC)C3=O)CC(=O)NCCOCCOC)c2)CC(C)C)cs1)C(C)C. The molecular weight excluding hydrogens is 1120 g/mol. The van der Waals surface area contributed by atoms with Crippen LogP contribution in [-0.4, -0.2) is 188 Å². The molecule has 0 saturated carbocycles. The number of anilines is 1. The number of methoxy groups -OCH3 is 1. The van der Waals surface area contributed by atoms with Crippen LogP contribution in [0.2, 0.25) is 0 Å². The maximum Gasteiger partial charge on any atom is 0.303 e. The lowest BCUT2D eigenvalue weighted by molar-refractivity contribution is -0.149. The maximum absolute atomic E-state index is 14.4. The number of esters is 1. The molecule has 3 heterocycles. The lowest BCUT2D eigenvalue weighted by atomic mass is 9.87. The van der Waals surface area contributed by atoms with Crippen LogP contribution in [-0.2, 0) is 63.8 Å². The Bertz CT molecular complexity index is 2560. The molecule has 2 aliphatic heterocycles. The Hall–Kier alpha value is -5.66. The van der Waals surface area contributed by atoms with Crippen LogP contribution in [0.1, 0.15) is 145 Å². The van der Waals surface area contributed by atoms with E-state index >= 15 is 0 Å². The minimum atomic E-state index is -1.09. The van der Waals surface area contributed by atoms with Crippen LogP contribution in [0.25, 0.3) is 0 Å². The summed E-state index contributed by atoms with van der Waals surface area (Å²) in [6.07, 6.45) is 4.03. The van der Waals surface area contributed by atoms with Gasteiger partial charge in [-0.05, 0) is 95.5 Å². The molecule has 2 saturated heterocycles. The molecule has 84 heavy (non-hydrogen) atoms. The molecule has 0 radical (unpaired) electrons. The zero-order chi connectivity index (χ0) is 62.2. The van der Waals surface area contributed by atoms with Gasteiger partial charge in [0, 0.05) is 115 Å². The highest BCUT2D eigenvalue weighted by Gasteiger charge is 2.40. The van der Waals surface area contributed by atoms with Crippen LogP contribution < -0.4 is 26.6 Å². The number of thiazole rings is 1. The van der Waals surface area contributed by atoms with E-state index in [4.69, 9.17) is 19.2 Å². The summed E-state index contributed by atoms with van der Waals surface area (Å²) < 4.78 is 16.2. The monoisotopic (exact) mass is 1210 g/mol. The molecule has 7 amide bonds. The number of Topliss-reactive ketones (excluding diaryl/α,β-unsaturated/α-hetero) is 2. The van der Waals surface area contributed by atoms with Crippen LogP contribution in [0.4, 0.5) is 5.69 Å². The number of aryl methyl sites for hydroxylation is 1. The number of carbonyl (C=O) groups is 10. The summed E-state index contributed by atoms with van der Waals surface area (Å²) in [6, 6.07) is 4.33. The van der Waals surface area contributed by atoms with E-state index in [0.717, 1.165) is 41.8 Å². The summed E-state index contributed by atoms with van der Waals surface area (Å²) in [4.78, 5) is 143. The molecular formula is C60H93N9O13S2. The number of piperidine rings is 1. The molecule has 5 N–H and O–H groups in total. The number of nitrogens with one attached hydrogen (secondary N) is 5. The first kappa shape index (κ1) is 70.8. The standard InChI is InChI=1S/C60H93N9O13S2/c1-36(2)27-43(64-57(77)47-35-84-58(66-47)51(82-40(7)70)33-49(37(3)4)68(10)59(78)45(39(6)61-8)32-50(72)48-15-13-14-22-67(48)9)28-41-17-16-38(5)46(29-41)65-53(73)18-20-63-56(76)42(31-54(74)62-21-24-81-26-25-80-11)30-44(71)19-23-69-55(75)34-52(83-12)60(69)79/h16-17,29,35-37,39,42-43,45,48-49,51-52,61H,13-15,18-28,30-34H2,1-12H3,(H,62,74)(H,63,76)(H,64,77)(H,65,73)/t39?,42?,43-,45+,48?,49-,51-,52?/m1/s1. The van der Waals surface area contributed by atoms with Crippen molar-refractivity contribution in [2.75, 3.05) is 85.8 Å². The van der Waals surface area contributed by atoms with Crippen molar-refractivity contribution in [1.82, 2.24) is 41.0 Å². The van der Waals surface area contributed by atoms with Gasteiger partial charge in [0.05, 0.1) is 42.9 Å². The number of hydrogen-bond acceptors (Lipinski definition) is 18. The zero-order valence-electron chi connectivity index (χ0n) is 51.4. The first-order valence-corrected chi connectivity index (χ1v) is 31.5. The largest absolute Gasteiger partial charge is 0.455 e. The predicted molar refractivity (Wildman–Crippen MR) is 323 cm³/mol. The number of likely N-dealkylation sites (tertiary alicyclic amines) is 2. The van der Waals surface area contributed by atoms with E-state index in [1.54, 1.807) is 37.7 Å². The molecule has 468 valence electrons. The molecule has 2 aliphatic rings. The molecule has 24 heteroatoms. The van der Waals surface area contributed by atoms with Gasteiger partial charge in [0.25, 0.3) is 5.91 Å². The van der Waals surface area contributed by atoms with Crippen molar-refractivity contribution in [3.8, 4) is 0 Å². The number of rotatable bonds is 37. The van der Waals surface area contributed by atoms with Crippen LogP contribution in [0.3, 0.4) is 0 Å². The molecule has 0 aliphatic carbocycles. The van der Waals surface area contributed by atoms with Gasteiger partial charge in [0.2, 0.25) is 35.4 Å². The van der Waals surface area contributed by atoms with Gasteiger partial charge in [-0.1, -0.05) is 46.2 Å². The van der Waals surface area contributed by atoms with E-state index in [-0.39, 0.29) is 130 Å². The Labute approximate surface area is 504 Å². The Morgan fingerprint density at radius 1 is 0.917 bits per heavy atom. The number of ether oxygens (including phenoxy) is 3. The molecule has 4 rings (SSSR count). The van der Waals surface area contributed by atoms with Crippen molar-refractivity contribution in [3.05, 3.63) is 45.4 Å². The zero-order valence-corrected chi connectivity index (χ0v) is 53.1. The van der Waals surface area contributed by atoms with Gasteiger partial charge < -0.3 is 45.7 Å². The van der Waals surface area contributed by atoms with E-state index < -0.39 is 64.6 Å². The minimum Gasteiger partial charge on any atom is -0.455 e. The molecule has 0 spiro atoms. The molecule has 2 fully saturated rings. The minimum absolute atomic E-state index is 0.0502. The summed E-state index contributed by atoms with van der Waals surface area (Å²) in [5, 5.41) is 16.2. The van der Waals surface area contributed by atoms with Crippen molar-refractivity contribution in [2.24, 2.45) is 23.7 Å². The molecule has 4 unspecified atom stereocenters. The summed E-state index contributed by atoms with van der Waals surface area (Å²) in [5.74, 6) is -5.35. The number of likely N-dealkylation sites (N-methyl/N-ethyl adjacent to an activating group) is 1. The van der Waals surface area contributed by atoms with Crippen LogP contribution in [0.5, 0.6) is 0 Å². The Balaban J connectivity index is 1.40. The fraction of sp³-hybridized carbons (Fsp3) is 0.683. The average molecular weight is 1210 g/mol. The summed E-state index contributed by atoms with van der Waals surface area (Å²) in [7, 11) is 7.00. The number of nitrogens with zero attached hydrogens (tertiary/aromatic N) is 4. The van der Waals surface area contributed by atoms with E-state index in [2.05, 4.69) is 31.5 Å². The van der Waals surface area contributed by atoms with Crippen LogP contribution >= 0.6 is 23.1 Å². The summed E-state index contributed by atoms with van der Waals surface area (Å²) in [5.41, 5.74) is 2.27. The highest BCUT2D eigenvalue weighted by atomic mass is 32.2. The number of imide groups is 1. The van der Waals surface area contributed by atoms with Crippen LogP contribution in [0.15, 0.2) is 23.6 Å². The van der Waals surface area contributed by atoms with E-state index in [1.165, 1.54) is 30.0 Å². The summed E-state index contributed by atoms with van der Waals surface area (Å²) in [6.45, 7) is 14.8. The molecule has 0 bridgehead atoms. The number of benzene rings is 1. The molecule has 8 atom stereocenters. The van der Waals surface area contributed by atoms with Crippen molar-refractivity contribution in [2.45, 2.75) is 161 Å². The fourth-order valence-electron chi connectivity index (χ4n) is 10.6. The van der Waals surface area contributed by atoms with Crippen molar-refractivity contribution in [3.63, 3.8) is 0 Å². The topological polar surface area (TPSA) is 281 Å². The summed E-state index contributed by atoms with van der Waals surface area (Å²) >= 11 is 2.45. The fourth-order valence-corrected chi connectivity index (χ4v) is 12.1. The van der Waals surface area contributed by atoms with Crippen molar-refractivity contribution >= 4 is 87.7 Å². The van der Waals surface area contributed by atoms with Crippen molar-refractivity contribution in [1.29, 1.82) is 0 Å². The van der Waals surface area contributed by atoms with Gasteiger partial charge >= 0.3 is 5.97 Å². The second kappa shape index (κ2) is 35.7. The van der Waals surface area contributed by atoms with E-state index in [9.17, 15) is 47.9 Å². The number of amides is 7. The third-order valence-corrected chi connectivity index (χ3v) is 17.4. The first-order chi connectivity index (χ1) is 39.9. The second-order valence-electron chi connectivity index (χ2n) is 22.9. The third kappa shape index (κ3) is 22.6. The first-order valence-electron chi connectivity index (χ1n) is 29.4.